The standard InChI is InChI=1S/C10H15NO2/c1-4-13-10(12)9-7(2)5-6-11-8(9)3/h5-7,11H,4H2,1-3H3/t7-/m1/s1. The summed E-state index contributed by atoms with van der Waals surface area (Å²) in [4.78, 5) is 11.5. The molecule has 0 spiro atoms. The van der Waals surface area contributed by atoms with Crippen LogP contribution in [0.1, 0.15) is 20.8 Å². The van der Waals surface area contributed by atoms with E-state index in [1.54, 1.807) is 0 Å². The first-order valence-corrected chi connectivity index (χ1v) is 4.48. The van der Waals surface area contributed by atoms with Crippen LogP contribution in [0.4, 0.5) is 0 Å². The van der Waals surface area contributed by atoms with Crippen LogP contribution in [-0.2, 0) is 9.53 Å². The van der Waals surface area contributed by atoms with Crippen LogP contribution >= 0.6 is 0 Å². The van der Waals surface area contributed by atoms with Crippen molar-refractivity contribution in [2.24, 2.45) is 5.92 Å². The first kappa shape index (κ1) is 9.84. The highest BCUT2D eigenvalue weighted by Crippen LogP contribution is 2.20. The molecule has 0 unspecified atom stereocenters. The summed E-state index contributed by atoms with van der Waals surface area (Å²) in [5.74, 6) is -0.0790. The van der Waals surface area contributed by atoms with Crippen molar-refractivity contribution in [2.75, 3.05) is 6.61 Å². The van der Waals surface area contributed by atoms with E-state index in [1.165, 1.54) is 0 Å². The van der Waals surface area contributed by atoms with Crippen molar-refractivity contribution in [3.8, 4) is 0 Å². The summed E-state index contributed by atoms with van der Waals surface area (Å²) in [5.41, 5.74) is 1.61. The predicted octanol–water partition coefficient (Wildman–Crippen LogP) is 1.58. The molecule has 0 aromatic rings. The molecule has 13 heavy (non-hydrogen) atoms. The fourth-order valence-electron chi connectivity index (χ4n) is 1.38. The minimum atomic E-state index is -0.218. The van der Waals surface area contributed by atoms with Gasteiger partial charge in [-0.3, -0.25) is 0 Å². The average Bonchev–Trinajstić information content (AvgIpc) is 2.04. The lowest BCUT2D eigenvalue weighted by atomic mass is 9.97. The molecule has 3 nitrogen and oxygen atoms in total. The number of ether oxygens (including phenoxy) is 1. The smallest absolute Gasteiger partial charge is 0.336 e. The van der Waals surface area contributed by atoms with Gasteiger partial charge in [0.1, 0.15) is 0 Å². The molecule has 0 aromatic heterocycles. The van der Waals surface area contributed by atoms with Crippen LogP contribution in [0.2, 0.25) is 0 Å². The monoisotopic (exact) mass is 181 g/mol. The zero-order valence-electron chi connectivity index (χ0n) is 8.26. The van der Waals surface area contributed by atoms with E-state index in [0.29, 0.717) is 6.61 Å². The largest absolute Gasteiger partial charge is 0.463 e. The lowest BCUT2D eigenvalue weighted by Crippen LogP contribution is -2.22. The van der Waals surface area contributed by atoms with Gasteiger partial charge in [0.15, 0.2) is 0 Å². The number of carbonyl (C=O) groups is 1. The zero-order valence-corrected chi connectivity index (χ0v) is 8.26. The molecule has 1 aliphatic heterocycles. The van der Waals surface area contributed by atoms with Gasteiger partial charge in [-0.25, -0.2) is 4.79 Å². The molecule has 0 saturated heterocycles. The Labute approximate surface area is 78.5 Å². The van der Waals surface area contributed by atoms with Gasteiger partial charge in [0, 0.05) is 11.6 Å². The molecule has 1 atom stereocenters. The SMILES string of the molecule is CCOC(=O)C1=C(C)NC=C[C@H]1C. The van der Waals surface area contributed by atoms with E-state index in [0.717, 1.165) is 11.3 Å². The number of hydrogen-bond donors (Lipinski definition) is 1. The van der Waals surface area contributed by atoms with Gasteiger partial charge in [0.05, 0.1) is 12.2 Å². The predicted molar refractivity (Wildman–Crippen MR) is 50.8 cm³/mol. The minimum Gasteiger partial charge on any atom is -0.463 e. The summed E-state index contributed by atoms with van der Waals surface area (Å²) in [6.07, 6.45) is 3.79. The van der Waals surface area contributed by atoms with Crippen molar-refractivity contribution >= 4 is 5.97 Å². The van der Waals surface area contributed by atoms with E-state index in [2.05, 4.69) is 5.32 Å². The van der Waals surface area contributed by atoms with Crippen LogP contribution in [-0.4, -0.2) is 12.6 Å². The molecule has 3 heteroatoms. The van der Waals surface area contributed by atoms with Crippen LogP contribution in [0.25, 0.3) is 0 Å². The quantitative estimate of drug-likeness (QED) is 0.657. The lowest BCUT2D eigenvalue weighted by molar-refractivity contribution is -0.139. The Balaban J connectivity index is 2.81. The highest BCUT2D eigenvalue weighted by molar-refractivity contribution is 5.90. The Morgan fingerprint density at radius 2 is 2.38 bits per heavy atom. The van der Waals surface area contributed by atoms with E-state index >= 15 is 0 Å². The molecule has 1 heterocycles. The van der Waals surface area contributed by atoms with Crippen LogP contribution in [0.3, 0.4) is 0 Å². The first-order chi connectivity index (χ1) is 6.16. The molecule has 0 saturated carbocycles. The number of carbonyl (C=O) groups excluding carboxylic acids is 1. The molecular weight excluding hydrogens is 166 g/mol. The molecule has 0 amide bonds. The summed E-state index contributed by atoms with van der Waals surface area (Å²) in [5, 5.41) is 3.00. The number of esters is 1. The molecule has 1 rings (SSSR count). The van der Waals surface area contributed by atoms with E-state index in [-0.39, 0.29) is 11.9 Å². The maximum atomic E-state index is 11.5. The molecule has 0 bridgehead atoms. The molecule has 0 radical (unpaired) electrons. The van der Waals surface area contributed by atoms with Crippen LogP contribution in [0, 0.1) is 5.92 Å². The lowest BCUT2D eigenvalue weighted by Gasteiger charge is -2.19. The van der Waals surface area contributed by atoms with Gasteiger partial charge in [-0.2, -0.15) is 0 Å². The molecule has 0 fully saturated rings. The number of nitrogens with one attached hydrogen (secondary N) is 1. The third-order valence-electron chi connectivity index (χ3n) is 2.04. The van der Waals surface area contributed by atoms with Crippen molar-refractivity contribution < 1.29 is 9.53 Å². The molecular formula is C10H15NO2. The van der Waals surface area contributed by atoms with Gasteiger partial charge in [0.2, 0.25) is 0 Å². The summed E-state index contributed by atoms with van der Waals surface area (Å²) in [7, 11) is 0. The number of rotatable bonds is 2. The fraction of sp³-hybridized carbons (Fsp3) is 0.500. The molecule has 1 N–H and O–H groups in total. The summed E-state index contributed by atoms with van der Waals surface area (Å²) in [6.45, 7) is 6.09. The van der Waals surface area contributed by atoms with Crippen LogP contribution < -0.4 is 5.32 Å². The third-order valence-corrected chi connectivity index (χ3v) is 2.04. The van der Waals surface area contributed by atoms with Crippen molar-refractivity contribution in [1.29, 1.82) is 0 Å². The van der Waals surface area contributed by atoms with Crippen LogP contribution in [0.15, 0.2) is 23.5 Å². The number of dihydropyridines is 1. The first-order valence-electron chi connectivity index (χ1n) is 4.48. The second-order valence-electron chi connectivity index (χ2n) is 3.05. The maximum absolute atomic E-state index is 11.5. The van der Waals surface area contributed by atoms with E-state index < -0.39 is 0 Å². The van der Waals surface area contributed by atoms with E-state index in [9.17, 15) is 4.79 Å². The van der Waals surface area contributed by atoms with E-state index in [1.807, 2.05) is 33.0 Å². The summed E-state index contributed by atoms with van der Waals surface area (Å²) in [6, 6.07) is 0. The molecule has 72 valence electrons. The highest BCUT2D eigenvalue weighted by Gasteiger charge is 2.21. The van der Waals surface area contributed by atoms with Gasteiger partial charge in [-0.1, -0.05) is 13.0 Å². The third kappa shape index (κ3) is 2.11. The van der Waals surface area contributed by atoms with Gasteiger partial charge in [-0.05, 0) is 20.0 Å². The van der Waals surface area contributed by atoms with Gasteiger partial charge < -0.3 is 10.1 Å². The Morgan fingerprint density at radius 3 is 2.92 bits per heavy atom. The Bertz CT molecular complexity index is 266. The van der Waals surface area contributed by atoms with Gasteiger partial charge in [-0.15, -0.1) is 0 Å². The Morgan fingerprint density at radius 1 is 1.69 bits per heavy atom. The maximum Gasteiger partial charge on any atom is 0.336 e. The normalized spacial score (nSPS) is 21.3. The molecule has 1 aliphatic rings. The second-order valence-corrected chi connectivity index (χ2v) is 3.05. The average molecular weight is 181 g/mol. The highest BCUT2D eigenvalue weighted by atomic mass is 16.5. The zero-order chi connectivity index (χ0) is 9.84. The van der Waals surface area contributed by atoms with Gasteiger partial charge in [0.25, 0.3) is 0 Å². The van der Waals surface area contributed by atoms with Crippen molar-refractivity contribution in [1.82, 2.24) is 5.32 Å². The molecule has 0 aliphatic carbocycles. The summed E-state index contributed by atoms with van der Waals surface area (Å²) < 4.78 is 4.95. The molecule has 0 aromatic carbocycles. The van der Waals surface area contributed by atoms with Gasteiger partial charge >= 0.3 is 5.97 Å². The summed E-state index contributed by atoms with van der Waals surface area (Å²) >= 11 is 0. The van der Waals surface area contributed by atoms with Crippen LogP contribution in [0.5, 0.6) is 0 Å². The number of allylic oxidation sites excluding steroid dienone is 2. The Hall–Kier alpha value is -1.25. The van der Waals surface area contributed by atoms with E-state index in [4.69, 9.17) is 4.74 Å². The number of hydrogen-bond acceptors (Lipinski definition) is 3. The topological polar surface area (TPSA) is 38.3 Å². The van der Waals surface area contributed by atoms with Crippen molar-refractivity contribution in [3.63, 3.8) is 0 Å². The Kier molecular flexibility index (Phi) is 3.12. The minimum absolute atomic E-state index is 0.139. The van der Waals surface area contributed by atoms with Crippen molar-refractivity contribution in [2.45, 2.75) is 20.8 Å². The van der Waals surface area contributed by atoms with Crippen molar-refractivity contribution in [3.05, 3.63) is 23.5 Å². The fourth-order valence-corrected chi connectivity index (χ4v) is 1.38. The second kappa shape index (κ2) is 4.12.